The van der Waals surface area contributed by atoms with Gasteiger partial charge in [-0.25, -0.2) is 13.8 Å². The van der Waals surface area contributed by atoms with Gasteiger partial charge in [0.2, 0.25) is 5.91 Å². The van der Waals surface area contributed by atoms with E-state index in [2.05, 4.69) is 15.6 Å². The second kappa shape index (κ2) is 7.98. The second-order valence-electron chi connectivity index (χ2n) is 7.92. The predicted octanol–water partition coefficient (Wildman–Crippen LogP) is 3.72. The molecule has 0 aliphatic carbocycles. The number of aromatic nitrogens is 2. The lowest BCUT2D eigenvalue weighted by Gasteiger charge is -2.26. The number of imidazole rings is 1. The van der Waals surface area contributed by atoms with Crippen LogP contribution in [0.5, 0.6) is 5.75 Å². The number of anilines is 1. The number of ether oxygens (including phenoxy) is 1. The van der Waals surface area contributed by atoms with Crippen LogP contribution in [0.4, 0.5) is 14.5 Å². The second-order valence-corrected chi connectivity index (χ2v) is 7.92. The number of halogens is 2. The van der Waals surface area contributed by atoms with E-state index in [1.165, 1.54) is 6.33 Å². The van der Waals surface area contributed by atoms with Gasteiger partial charge in [-0.1, -0.05) is 19.9 Å². The number of benzene rings is 2. The fourth-order valence-electron chi connectivity index (χ4n) is 3.75. The number of carbonyl (C=O) groups is 2. The third-order valence-electron chi connectivity index (χ3n) is 5.31. The van der Waals surface area contributed by atoms with Crippen LogP contribution in [0.15, 0.2) is 36.7 Å². The van der Waals surface area contributed by atoms with Gasteiger partial charge in [0.15, 0.2) is 18.2 Å². The Balaban J connectivity index is 1.59. The van der Waals surface area contributed by atoms with Crippen LogP contribution in [0.3, 0.4) is 0 Å². The lowest BCUT2D eigenvalue weighted by Crippen LogP contribution is -2.36. The number of fused-ring (bicyclic) bond motifs is 2. The molecule has 2 unspecified atom stereocenters. The molecule has 2 aromatic carbocycles. The monoisotopic (exact) mass is 428 g/mol. The highest BCUT2D eigenvalue weighted by Gasteiger charge is 2.28. The zero-order valence-corrected chi connectivity index (χ0v) is 17.3. The Hall–Kier alpha value is -3.49. The predicted molar refractivity (Wildman–Crippen MR) is 111 cm³/mol. The van der Waals surface area contributed by atoms with E-state index in [4.69, 9.17) is 4.74 Å². The summed E-state index contributed by atoms with van der Waals surface area (Å²) in [6.07, 6.45) is 1.42. The molecule has 1 aliphatic rings. The Morgan fingerprint density at radius 3 is 2.68 bits per heavy atom. The highest BCUT2D eigenvalue weighted by Crippen LogP contribution is 2.31. The molecule has 0 bridgehead atoms. The summed E-state index contributed by atoms with van der Waals surface area (Å²) in [5.74, 6) is -2.08. The van der Waals surface area contributed by atoms with Crippen molar-refractivity contribution < 1.29 is 23.1 Å². The van der Waals surface area contributed by atoms with Gasteiger partial charge in [-0.2, -0.15) is 0 Å². The first-order chi connectivity index (χ1) is 14.7. The van der Waals surface area contributed by atoms with E-state index in [9.17, 15) is 18.4 Å². The Labute approximate surface area is 177 Å². The zero-order chi connectivity index (χ0) is 22.3. The molecule has 2 heterocycles. The van der Waals surface area contributed by atoms with Gasteiger partial charge in [0.25, 0.3) is 5.91 Å². The maximum Gasteiger partial charge on any atom is 0.262 e. The summed E-state index contributed by atoms with van der Waals surface area (Å²) in [6, 6.07) is 6.33. The topological polar surface area (TPSA) is 85.3 Å². The van der Waals surface area contributed by atoms with Crippen molar-refractivity contribution in [3.63, 3.8) is 0 Å². The first-order valence-electron chi connectivity index (χ1n) is 9.93. The van der Waals surface area contributed by atoms with Crippen LogP contribution >= 0.6 is 0 Å². The normalized spacial score (nSPS) is 15.2. The van der Waals surface area contributed by atoms with Crippen molar-refractivity contribution in [2.24, 2.45) is 5.92 Å². The average Bonchev–Trinajstić information content (AvgIpc) is 3.09. The molecule has 2 amide bonds. The molecule has 4 rings (SSSR count). The fourth-order valence-corrected chi connectivity index (χ4v) is 3.75. The molecule has 3 aromatic rings. The van der Waals surface area contributed by atoms with Crippen molar-refractivity contribution in [3.05, 3.63) is 53.9 Å². The van der Waals surface area contributed by atoms with Crippen molar-refractivity contribution in [1.29, 1.82) is 0 Å². The summed E-state index contributed by atoms with van der Waals surface area (Å²) in [4.78, 5) is 28.9. The van der Waals surface area contributed by atoms with Gasteiger partial charge in [-0.05, 0) is 30.5 Å². The molecule has 1 aliphatic heterocycles. The molecule has 2 atom stereocenters. The van der Waals surface area contributed by atoms with Gasteiger partial charge >= 0.3 is 0 Å². The molecule has 0 spiro atoms. The Bertz CT molecular complexity index is 1180. The van der Waals surface area contributed by atoms with Gasteiger partial charge in [0.1, 0.15) is 11.8 Å². The third-order valence-corrected chi connectivity index (χ3v) is 5.31. The van der Waals surface area contributed by atoms with Crippen molar-refractivity contribution in [2.45, 2.75) is 32.9 Å². The van der Waals surface area contributed by atoms with Gasteiger partial charge in [0, 0.05) is 12.1 Å². The maximum atomic E-state index is 13.8. The van der Waals surface area contributed by atoms with E-state index in [1.54, 1.807) is 16.7 Å². The molecular formula is C22H22F2N4O3. The van der Waals surface area contributed by atoms with E-state index >= 15 is 0 Å². The number of hydrogen-bond donors (Lipinski definition) is 2. The fraction of sp³-hybridized carbons (Fsp3) is 0.318. The first-order valence-corrected chi connectivity index (χ1v) is 9.93. The summed E-state index contributed by atoms with van der Waals surface area (Å²) in [5, 5.41) is 5.71. The molecule has 0 saturated heterocycles. The van der Waals surface area contributed by atoms with E-state index in [1.807, 2.05) is 26.8 Å². The van der Waals surface area contributed by atoms with Crippen LogP contribution < -0.4 is 15.4 Å². The number of nitrogens with zero attached hydrogens (tertiary/aromatic N) is 2. The smallest absolute Gasteiger partial charge is 0.262 e. The van der Waals surface area contributed by atoms with Crippen molar-refractivity contribution >= 4 is 28.5 Å². The average molecular weight is 428 g/mol. The van der Waals surface area contributed by atoms with Crippen molar-refractivity contribution in [3.8, 4) is 5.75 Å². The summed E-state index contributed by atoms with van der Waals surface area (Å²) in [5.41, 5.74) is 1.95. The molecule has 9 heteroatoms. The van der Waals surface area contributed by atoms with Gasteiger partial charge in [-0.15, -0.1) is 0 Å². The van der Waals surface area contributed by atoms with E-state index in [-0.39, 0.29) is 35.9 Å². The quantitative estimate of drug-likeness (QED) is 0.649. The van der Waals surface area contributed by atoms with Crippen LogP contribution in [-0.2, 0) is 9.59 Å². The summed E-state index contributed by atoms with van der Waals surface area (Å²) in [6.45, 7) is 5.53. The van der Waals surface area contributed by atoms with Crippen LogP contribution in [0.25, 0.3) is 11.0 Å². The summed E-state index contributed by atoms with van der Waals surface area (Å²) in [7, 11) is 0. The zero-order valence-electron chi connectivity index (χ0n) is 17.3. The molecule has 162 valence electrons. The van der Waals surface area contributed by atoms with E-state index in [0.29, 0.717) is 17.0 Å². The van der Waals surface area contributed by atoms with Crippen LogP contribution in [0.1, 0.15) is 38.4 Å². The van der Waals surface area contributed by atoms with Crippen molar-refractivity contribution in [1.82, 2.24) is 14.9 Å². The molecule has 2 N–H and O–H groups in total. The van der Waals surface area contributed by atoms with Gasteiger partial charge in [-0.3, -0.25) is 9.59 Å². The lowest BCUT2D eigenvalue weighted by molar-refractivity contribution is -0.126. The Morgan fingerprint density at radius 1 is 1.19 bits per heavy atom. The number of rotatable bonds is 5. The minimum Gasteiger partial charge on any atom is -0.482 e. The Morgan fingerprint density at radius 2 is 1.94 bits per heavy atom. The SMILES string of the molecule is CC(NC(=O)C(C(C)C)n1cnc2cc(F)c(F)cc21)c1ccc2c(c1)NC(=O)CO2. The minimum atomic E-state index is -0.996. The van der Waals surface area contributed by atoms with Crippen LogP contribution in [0.2, 0.25) is 0 Å². The van der Waals surface area contributed by atoms with E-state index in [0.717, 1.165) is 17.7 Å². The number of carbonyl (C=O) groups excluding carboxylic acids is 2. The standard InChI is InChI=1S/C22H22F2N4O3/c1-11(2)21(28-10-25-16-7-14(23)15(24)8-18(16)28)22(30)26-12(3)13-4-5-19-17(6-13)27-20(29)9-31-19/h4-8,10-12,21H,9H2,1-3H3,(H,26,30)(H,27,29). The largest absolute Gasteiger partial charge is 0.482 e. The first kappa shape index (κ1) is 20.8. The number of nitrogens with one attached hydrogen (secondary N) is 2. The highest BCUT2D eigenvalue weighted by atomic mass is 19.2. The molecule has 7 nitrogen and oxygen atoms in total. The summed E-state index contributed by atoms with van der Waals surface area (Å²) >= 11 is 0. The van der Waals surface area contributed by atoms with Gasteiger partial charge < -0.3 is 19.9 Å². The summed E-state index contributed by atoms with van der Waals surface area (Å²) < 4.78 is 34.3. The molecule has 0 fully saturated rings. The highest BCUT2D eigenvalue weighted by molar-refractivity contribution is 5.95. The van der Waals surface area contributed by atoms with Crippen LogP contribution in [0, 0.1) is 17.6 Å². The third kappa shape index (κ3) is 3.95. The number of hydrogen-bond acceptors (Lipinski definition) is 4. The van der Waals surface area contributed by atoms with Gasteiger partial charge in [0.05, 0.1) is 29.1 Å². The molecule has 0 saturated carbocycles. The molecular weight excluding hydrogens is 406 g/mol. The van der Waals surface area contributed by atoms with Crippen LogP contribution in [-0.4, -0.2) is 28.0 Å². The van der Waals surface area contributed by atoms with Crippen molar-refractivity contribution in [2.75, 3.05) is 11.9 Å². The molecule has 0 radical (unpaired) electrons. The Kier molecular flexibility index (Phi) is 5.34. The van der Waals surface area contributed by atoms with E-state index < -0.39 is 17.7 Å². The maximum absolute atomic E-state index is 13.8. The molecule has 1 aromatic heterocycles. The minimum absolute atomic E-state index is 0.0297. The lowest BCUT2D eigenvalue weighted by atomic mass is 10.0. The molecule has 31 heavy (non-hydrogen) atoms. The number of amides is 2.